The number of benzene rings is 3. The van der Waals surface area contributed by atoms with Crippen molar-refractivity contribution in [3.05, 3.63) is 71.8 Å². The average molecular weight is 461 g/mol. The van der Waals surface area contributed by atoms with E-state index in [9.17, 15) is 9.59 Å². The molecule has 2 aliphatic rings. The van der Waals surface area contributed by atoms with Gasteiger partial charge in [0.2, 0.25) is 12.7 Å². The van der Waals surface area contributed by atoms with Crippen LogP contribution in [-0.2, 0) is 10.2 Å². The topological polar surface area (TPSA) is 77.1 Å². The molecule has 5 rings (SSSR count). The molecule has 34 heavy (non-hydrogen) atoms. The van der Waals surface area contributed by atoms with Crippen LogP contribution < -0.4 is 19.5 Å². The van der Waals surface area contributed by atoms with Crippen molar-refractivity contribution in [1.82, 2.24) is 4.90 Å². The van der Waals surface area contributed by atoms with Gasteiger partial charge in [-0.2, -0.15) is 0 Å². The zero-order chi connectivity index (χ0) is 23.9. The first kappa shape index (κ1) is 21.8. The molecule has 3 aromatic carbocycles. The maximum atomic E-state index is 13.3. The predicted octanol–water partition coefficient (Wildman–Crippen LogP) is 4.71. The molecule has 7 nitrogen and oxygen atoms in total. The van der Waals surface area contributed by atoms with Crippen LogP contribution in [0.3, 0.4) is 0 Å². The van der Waals surface area contributed by atoms with Crippen LogP contribution in [0.5, 0.6) is 17.2 Å². The smallest absolute Gasteiger partial charge is 0.253 e. The summed E-state index contributed by atoms with van der Waals surface area (Å²) in [6, 6.07) is 18.6. The summed E-state index contributed by atoms with van der Waals surface area (Å²) in [5.74, 6) is 1.96. The summed E-state index contributed by atoms with van der Waals surface area (Å²) >= 11 is 0. The fraction of sp³-hybridized carbons (Fsp3) is 0.259. The number of carbonyl (C=O) groups is 2. The summed E-state index contributed by atoms with van der Waals surface area (Å²) in [7, 11) is 5.06. The number of nitrogens with zero attached hydrogens (tertiary/aromatic N) is 1. The number of hydrogen-bond donors (Lipinski definition) is 1. The maximum Gasteiger partial charge on any atom is 0.253 e. The molecular formula is C27H28N2O5. The van der Waals surface area contributed by atoms with Crippen molar-refractivity contribution < 1.29 is 25.2 Å². The highest BCUT2D eigenvalue weighted by atomic mass is 16.7. The summed E-state index contributed by atoms with van der Waals surface area (Å²) in [5.41, 5.74) is 3.38. The first-order chi connectivity index (χ1) is 16.4. The molecule has 1 N–H and O–H groups in total. The van der Waals surface area contributed by atoms with E-state index in [1.807, 2.05) is 48.5 Å². The van der Waals surface area contributed by atoms with E-state index in [0.717, 1.165) is 29.5 Å². The number of amides is 2. The summed E-state index contributed by atoms with van der Waals surface area (Å²) in [6.07, 6.45) is 1.56. The fourth-order valence-corrected chi connectivity index (χ4v) is 4.28. The van der Waals surface area contributed by atoms with Crippen LogP contribution in [0.25, 0.3) is 11.1 Å². The van der Waals surface area contributed by atoms with Crippen LogP contribution in [0.15, 0.2) is 60.7 Å². The molecule has 0 saturated heterocycles. The van der Waals surface area contributed by atoms with Crippen molar-refractivity contribution in [3.8, 4) is 28.4 Å². The van der Waals surface area contributed by atoms with E-state index in [1.54, 1.807) is 38.2 Å². The van der Waals surface area contributed by atoms with E-state index in [4.69, 9.17) is 14.2 Å². The molecule has 1 saturated carbocycles. The van der Waals surface area contributed by atoms with Crippen LogP contribution in [0, 0.1) is 0 Å². The number of fused-ring (bicyclic) bond motifs is 1. The summed E-state index contributed by atoms with van der Waals surface area (Å²) in [4.78, 5) is 27.1. The standard InChI is InChI=1S/C27H26N2O5.H2/c1-29(2)25(30)18-6-4-17(5-7-18)21-15-20(9-11-22(21)32-3)28-26(31)27(12-13-27)19-8-10-23-24(14-19)34-16-33-23;/h4-11,14-15H,12-13,16H2,1-3H3,(H,28,31);1H. The number of anilines is 1. The van der Waals surface area contributed by atoms with Gasteiger partial charge in [-0.05, 0) is 66.4 Å². The number of methoxy groups -OCH3 is 1. The Morgan fingerprint density at radius 1 is 0.971 bits per heavy atom. The Kier molecular flexibility index (Phi) is 5.40. The number of nitrogens with one attached hydrogen (secondary N) is 1. The highest BCUT2D eigenvalue weighted by Crippen LogP contribution is 2.51. The van der Waals surface area contributed by atoms with Crippen molar-refractivity contribution in [2.24, 2.45) is 0 Å². The summed E-state index contributed by atoms with van der Waals surface area (Å²) in [5, 5.41) is 3.09. The van der Waals surface area contributed by atoms with Crippen molar-refractivity contribution in [2.75, 3.05) is 33.3 Å². The molecule has 7 heteroatoms. The highest BCUT2D eigenvalue weighted by Gasteiger charge is 2.51. The second-order valence-electron chi connectivity index (χ2n) is 8.80. The molecule has 1 aliphatic carbocycles. The van der Waals surface area contributed by atoms with Crippen LogP contribution in [-0.4, -0.2) is 44.7 Å². The molecule has 0 unspecified atom stereocenters. The molecule has 1 fully saturated rings. The van der Waals surface area contributed by atoms with Crippen molar-refractivity contribution in [1.29, 1.82) is 0 Å². The highest BCUT2D eigenvalue weighted by molar-refractivity contribution is 6.02. The van der Waals surface area contributed by atoms with Gasteiger partial charge in [-0.25, -0.2) is 0 Å². The largest absolute Gasteiger partial charge is 0.496 e. The van der Waals surface area contributed by atoms with Crippen molar-refractivity contribution >= 4 is 17.5 Å². The number of hydrogen-bond acceptors (Lipinski definition) is 5. The molecule has 1 heterocycles. The van der Waals surface area contributed by atoms with E-state index in [-0.39, 0.29) is 20.0 Å². The third-order valence-electron chi connectivity index (χ3n) is 6.42. The fourth-order valence-electron chi connectivity index (χ4n) is 4.28. The average Bonchev–Trinajstić information content (AvgIpc) is 3.54. The Balaban J connectivity index is 0.00000289. The lowest BCUT2D eigenvalue weighted by molar-refractivity contribution is -0.118. The number of ether oxygens (including phenoxy) is 3. The molecule has 0 atom stereocenters. The third kappa shape index (κ3) is 3.83. The quantitative estimate of drug-likeness (QED) is 0.577. The first-order valence-electron chi connectivity index (χ1n) is 11.1. The molecule has 0 spiro atoms. The van der Waals surface area contributed by atoms with Gasteiger partial charge in [0.05, 0.1) is 12.5 Å². The van der Waals surface area contributed by atoms with Gasteiger partial charge in [0.15, 0.2) is 11.5 Å². The monoisotopic (exact) mass is 460 g/mol. The van der Waals surface area contributed by atoms with E-state index in [0.29, 0.717) is 28.5 Å². The molecule has 1 aliphatic heterocycles. The van der Waals surface area contributed by atoms with Gasteiger partial charge in [0, 0.05) is 32.3 Å². The first-order valence-corrected chi connectivity index (χ1v) is 11.1. The Morgan fingerprint density at radius 3 is 2.38 bits per heavy atom. The lowest BCUT2D eigenvalue weighted by Crippen LogP contribution is -2.27. The molecular weight excluding hydrogens is 432 g/mol. The normalized spacial score (nSPS) is 14.9. The summed E-state index contributed by atoms with van der Waals surface area (Å²) < 4.78 is 16.4. The van der Waals surface area contributed by atoms with Gasteiger partial charge in [0.1, 0.15) is 5.75 Å². The van der Waals surface area contributed by atoms with Crippen LogP contribution in [0.2, 0.25) is 0 Å². The Labute approximate surface area is 199 Å². The SMILES string of the molecule is COc1ccc(NC(=O)C2(c3ccc4c(c3)OCO4)CC2)cc1-c1ccc(C(=O)N(C)C)cc1.[HH]. The number of rotatable bonds is 6. The molecule has 0 bridgehead atoms. The van der Waals surface area contributed by atoms with Crippen LogP contribution >= 0.6 is 0 Å². The van der Waals surface area contributed by atoms with Gasteiger partial charge in [-0.1, -0.05) is 18.2 Å². The Morgan fingerprint density at radius 2 is 1.71 bits per heavy atom. The second kappa shape index (κ2) is 8.41. The van der Waals surface area contributed by atoms with Crippen LogP contribution in [0.1, 0.15) is 30.2 Å². The Hall–Kier alpha value is -4.00. The van der Waals surface area contributed by atoms with Gasteiger partial charge in [0.25, 0.3) is 5.91 Å². The molecule has 0 radical (unpaired) electrons. The zero-order valence-electron chi connectivity index (χ0n) is 19.4. The zero-order valence-corrected chi connectivity index (χ0v) is 19.4. The van der Waals surface area contributed by atoms with E-state index in [2.05, 4.69) is 5.32 Å². The van der Waals surface area contributed by atoms with E-state index < -0.39 is 5.41 Å². The van der Waals surface area contributed by atoms with Gasteiger partial charge < -0.3 is 24.4 Å². The molecule has 0 aromatic heterocycles. The van der Waals surface area contributed by atoms with Crippen molar-refractivity contribution in [2.45, 2.75) is 18.3 Å². The molecule has 176 valence electrons. The molecule has 2 amide bonds. The van der Waals surface area contributed by atoms with E-state index in [1.165, 1.54) is 0 Å². The van der Waals surface area contributed by atoms with Crippen molar-refractivity contribution in [3.63, 3.8) is 0 Å². The van der Waals surface area contributed by atoms with E-state index >= 15 is 0 Å². The minimum atomic E-state index is -0.560. The number of carbonyl (C=O) groups excluding carboxylic acids is 2. The minimum absolute atomic E-state index is 0. The maximum absolute atomic E-state index is 13.3. The Bertz CT molecular complexity index is 1270. The van der Waals surface area contributed by atoms with Crippen LogP contribution in [0.4, 0.5) is 5.69 Å². The predicted molar refractivity (Wildman–Crippen MR) is 131 cm³/mol. The lowest BCUT2D eigenvalue weighted by Gasteiger charge is -2.18. The summed E-state index contributed by atoms with van der Waals surface area (Å²) in [6.45, 7) is 0.205. The second-order valence-corrected chi connectivity index (χ2v) is 8.80. The molecule has 3 aromatic rings. The van der Waals surface area contributed by atoms with Gasteiger partial charge >= 0.3 is 0 Å². The van der Waals surface area contributed by atoms with Gasteiger partial charge in [-0.15, -0.1) is 0 Å². The minimum Gasteiger partial charge on any atom is -0.496 e. The third-order valence-corrected chi connectivity index (χ3v) is 6.42. The van der Waals surface area contributed by atoms with Gasteiger partial charge in [-0.3, -0.25) is 9.59 Å². The lowest BCUT2D eigenvalue weighted by atomic mass is 9.94.